The standard InChI is InChI=1S/C20H30O2/c1-7-19(22-20(21)8-2)15-18(6)14-10-13-17(5)12-9-11-16(3)4/h7-8,11,13,15,19H,1-2,9-10,12,14H2,3-6H3/b17-13+,18-15+. The molecule has 0 amide bonds. The lowest BCUT2D eigenvalue weighted by molar-refractivity contribution is -0.139. The highest BCUT2D eigenvalue weighted by Gasteiger charge is 2.05. The highest BCUT2D eigenvalue weighted by Crippen LogP contribution is 2.12. The molecule has 0 aromatic carbocycles. The van der Waals surface area contributed by atoms with E-state index in [0.717, 1.165) is 31.8 Å². The molecule has 1 unspecified atom stereocenters. The van der Waals surface area contributed by atoms with Gasteiger partial charge in [-0.25, -0.2) is 4.79 Å². The highest BCUT2D eigenvalue weighted by atomic mass is 16.5. The molecular formula is C20H30O2. The molecule has 2 heteroatoms. The number of carbonyl (C=O) groups is 1. The van der Waals surface area contributed by atoms with Crippen molar-refractivity contribution >= 4 is 5.97 Å². The van der Waals surface area contributed by atoms with Crippen molar-refractivity contribution in [1.82, 2.24) is 0 Å². The molecule has 0 bridgehead atoms. The zero-order valence-corrected chi connectivity index (χ0v) is 14.5. The Morgan fingerprint density at radius 2 is 1.59 bits per heavy atom. The Morgan fingerprint density at radius 3 is 2.14 bits per heavy atom. The number of rotatable bonds is 10. The molecule has 0 rings (SSSR count). The van der Waals surface area contributed by atoms with Gasteiger partial charge in [-0.2, -0.15) is 0 Å². The first kappa shape index (κ1) is 20.2. The molecule has 0 saturated heterocycles. The zero-order chi connectivity index (χ0) is 17.0. The van der Waals surface area contributed by atoms with Gasteiger partial charge in [-0.05, 0) is 65.5 Å². The molecule has 0 aliphatic rings. The molecule has 0 aliphatic heterocycles. The molecule has 0 saturated carbocycles. The first-order chi connectivity index (χ1) is 10.4. The van der Waals surface area contributed by atoms with Gasteiger partial charge in [0, 0.05) is 6.08 Å². The number of esters is 1. The van der Waals surface area contributed by atoms with Gasteiger partial charge in [0.15, 0.2) is 0 Å². The van der Waals surface area contributed by atoms with Crippen LogP contribution in [0.5, 0.6) is 0 Å². The molecule has 0 aliphatic carbocycles. The van der Waals surface area contributed by atoms with Crippen LogP contribution in [0.2, 0.25) is 0 Å². The molecule has 0 spiro atoms. The van der Waals surface area contributed by atoms with Gasteiger partial charge >= 0.3 is 5.97 Å². The summed E-state index contributed by atoms with van der Waals surface area (Å²) in [7, 11) is 0. The fourth-order valence-electron chi connectivity index (χ4n) is 1.93. The monoisotopic (exact) mass is 302 g/mol. The number of hydrogen-bond acceptors (Lipinski definition) is 2. The fourth-order valence-corrected chi connectivity index (χ4v) is 1.93. The Bertz CT molecular complexity index is 460. The van der Waals surface area contributed by atoms with Crippen molar-refractivity contribution in [3.63, 3.8) is 0 Å². The summed E-state index contributed by atoms with van der Waals surface area (Å²) in [5.74, 6) is -0.427. The van der Waals surface area contributed by atoms with E-state index in [4.69, 9.17) is 4.74 Å². The summed E-state index contributed by atoms with van der Waals surface area (Å²) in [6.45, 7) is 15.6. The molecule has 0 aromatic heterocycles. The molecule has 0 aromatic rings. The lowest BCUT2D eigenvalue weighted by Crippen LogP contribution is -2.11. The maximum absolute atomic E-state index is 11.2. The Balaban J connectivity index is 4.29. The van der Waals surface area contributed by atoms with Crippen LogP contribution in [-0.2, 0) is 9.53 Å². The summed E-state index contributed by atoms with van der Waals surface area (Å²) in [6, 6.07) is 0. The number of carbonyl (C=O) groups excluding carboxylic acids is 1. The van der Waals surface area contributed by atoms with E-state index in [1.165, 1.54) is 16.7 Å². The molecule has 122 valence electrons. The second kappa shape index (κ2) is 11.8. The van der Waals surface area contributed by atoms with Crippen molar-refractivity contribution in [3.8, 4) is 0 Å². The van der Waals surface area contributed by atoms with Gasteiger partial charge in [0.25, 0.3) is 0 Å². The van der Waals surface area contributed by atoms with Crippen molar-refractivity contribution in [1.29, 1.82) is 0 Å². The van der Waals surface area contributed by atoms with Crippen molar-refractivity contribution in [2.75, 3.05) is 0 Å². The Labute approximate surface area is 136 Å². The van der Waals surface area contributed by atoms with Gasteiger partial charge in [0.05, 0.1) is 0 Å². The molecule has 0 N–H and O–H groups in total. The van der Waals surface area contributed by atoms with Crippen LogP contribution in [0.3, 0.4) is 0 Å². The second-order valence-corrected chi connectivity index (χ2v) is 5.76. The van der Waals surface area contributed by atoms with Crippen molar-refractivity contribution < 1.29 is 9.53 Å². The SMILES string of the molecule is C=CC(=O)OC(C=C)/C=C(\C)CC/C=C(\C)CCC=C(C)C. The average molecular weight is 302 g/mol. The minimum absolute atomic E-state index is 0.381. The van der Waals surface area contributed by atoms with Crippen LogP contribution in [0.15, 0.2) is 60.3 Å². The van der Waals surface area contributed by atoms with Crippen LogP contribution < -0.4 is 0 Å². The van der Waals surface area contributed by atoms with Gasteiger partial charge < -0.3 is 4.74 Å². The first-order valence-electron chi connectivity index (χ1n) is 7.81. The summed E-state index contributed by atoms with van der Waals surface area (Å²) in [4.78, 5) is 11.2. The molecule has 0 radical (unpaired) electrons. The predicted octanol–water partition coefficient (Wildman–Crippen LogP) is 5.69. The van der Waals surface area contributed by atoms with Crippen LogP contribution in [0.4, 0.5) is 0 Å². The summed E-state index contributed by atoms with van der Waals surface area (Å²) in [5, 5.41) is 0. The minimum Gasteiger partial charge on any atom is -0.451 e. The van der Waals surface area contributed by atoms with Gasteiger partial charge in [-0.3, -0.25) is 0 Å². The lowest BCUT2D eigenvalue weighted by Gasteiger charge is -2.10. The zero-order valence-electron chi connectivity index (χ0n) is 14.5. The summed E-state index contributed by atoms with van der Waals surface area (Å²) >= 11 is 0. The van der Waals surface area contributed by atoms with E-state index in [0.29, 0.717) is 0 Å². The second-order valence-electron chi connectivity index (χ2n) is 5.76. The van der Waals surface area contributed by atoms with Gasteiger partial charge in [-0.1, -0.05) is 42.0 Å². The summed E-state index contributed by atoms with van der Waals surface area (Å²) in [5.41, 5.74) is 3.98. The Kier molecular flexibility index (Phi) is 10.8. The largest absolute Gasteiger partial charge is 0.451 e. The van der Waals surface area contributed by atoms with E-state index < -0.39 is 5.97 Å². The summed E-state index contributed by atoms with van der Waals surface area (Å²) in [6.07, 6.45) is 13.1. The van der Waals surface area contributed by atoms with Crippen molar-refractivity contribution in [2.45, 2.75) is 59.5 Å². The van der Waals surface area contributed by atoms with E-state index in [-0.39, 0.29) is 6.10 Å². The molecular weight excluding hydrogens is 272 g/mol. The van der Waals surface area contributed by atoms with Crippen LogP contribution in [0.1, 0.15) is 53.4 Å². The van der Waals surface area contributed by atoms with Gasteiger partial charge in [0.2, 0.25) is 0 Å². The van der Waals surface area contributed by atoms with Crippen molar-refractivity contribution in [3.05, 3.63) is 60.3 Å². The van der Waals surface area contributed by atoms with Gasteiger partial charge in [0.1, 0.15) is 6.10 Å². The third kappa shape index (κ3) is 10.9. The molecule has 0 fully saturated rings. The number of hydrogen-bond donors (Lipinski definition) is 0. The maximum Gasteiger partial charge on any atom is 0.331 e. The predicted molar refractivity (Wildman–Crippen MR) is 95.7 cm³/mol. The van der Waals surface area contributed by atoms with E-state index in [1.807, 2.05) is 13.0 Å². The van der Waals surface area contributed by atoms with Crippen LogP contribution in [-0.4, -0.2) is 12.1 Å². The fraction of sp³-hybridized carbons (Fsp3) is 0.450. The maximum atomic E-state index is 11.2. The van der Waals surface area contributed by atoms with Crippen molar-refractivity contribution in [2.24, 2.45) is 0 Å². The smallest absolute Gasteiger partial charge is 0.331 e. The lowest BCUT2D eigenvalue weighted by atomic mass is 10.1. The van der Waals surface area contributed by atoms with Crippen LogP contribution in [0, 0.1) is 0 Å². The van der Waals surface area contributed by atoms with Gasteiger partial charge in [-0.15, -0.1) is 0 Å². The first-order valence-corrected chi connectivity index (χ1v) is 7.81. The van der Waals surface area contributed by atoms with E-state index in [1.54, 1.807) is 6.08 Å². The third-order valence-electron chi connectivity index (χ3n) is 3.22. The number of ether oxygens (including phenoxy) is 1. The van der Waals surface area contributed by atoms with E-state index in [9.17, 15) is 4.79 Å². The molecule has 2 nitrogen and oxygen atoms in total. The molecule has 1 atom stereocenters. The summed E-state index contributed by atoms with van der Waals surface area (Å²) < 4.78 is 5.15. The minimum atomic E-state index is -0.427. The van der Waals surface area contributed by atoms with Crippen LogP contribution in [0.25, 0.3) is 0 Å². The van der Waals surface area contributed by atoms with E-state index >= 15 is 0 Å². The highest BCUT2D eigenvalue weighted by molar-refractivity contribution is 5.81. The van der Waals surface area contributed by atoms with E-state index in [2.05, 4.69) is 46.1 Å². The van der Waals surface area contributed by atoms with Crippen LogP contribution >= 0.6 is 0 Å². The average Bonchev–Trinajstić information content (AvgIpc) is 2.45. The normalized spacial score (nSPS) is 13.3. The Hall–Kier alpha value is -1.83. The number of allylic oxidation sites excluding steroid dienone is 5. The Morgan fingerprint density at radius 1 is 1.00 bits per heavy atom. The molecule has 22 heavy (non-hydrogen) atoms. The molecule has 0 heterocycles. The quantitative estimate of drug-likeness (QED) is 0.294. The topological polar surface area (TPSA) is 26.3 Å². The third-order valence-corrected chi connectivity index (χ3v) is 3.22.